The number of rotatable bonds is 4. The summed E-state index contributed by atoms with van der Waals surface area (Å²) in [5, 5.41) is 11.6. The van der Waals surface area contributed by atoms with Gasteiger partial charge in [0.15, 0.2) is 11.4 Å². The van der Waals surface area contributed by atoms with Crippen LogP contribution in [0.15, 0.2) is 30.6 Å². The van der Waals surface area contributed by atoms with Gasteiger partial charge < -0.3 is 20.1 Å². The summed E-state index contributed by atoms with van der Waals surface area (Å²) in [7, 11) is 0. The monoisotopic (exact) mass is 287 g/mol. The van der Waals surface area contributed by atoms with E-state index in [2.05, 4.69) is 15.3 Å². The number of carbonyl (C=O) groups is 2. The molecule has 1 amide bonds. The number of fused-ring (bicyclic) bond motifs is 1. The molecule has 2 aromatic rings. The fourth-order valence-corrected chi connectivity index (χ4v) is 2.29. The van der Waals surface area contributed by atoms with E-state index in [0.717, 1.165) is 11.3 Å². The van der Waals surface area contributed by atoms with Crippen molar-refractivity contribution >= 4 is 11.9 Å². The number of carboxylic acid groups (broad SMARTS) is 1. The van der Waals surface area contributed by atoms with E-state index in [1.165, 1.54) is 6.33 Å². The number of H-pyrrole nitrogens is 1. The van der Waals surface area contributed by atoms with Gasteiger partial charge in [-0.15, -0.1) is 0 Å². The molecule has 3 rings (SSSR count). The number of para-hydroxylation sites is 1. The van der Waals surface area contributed by atoms with Gasteiger partial charge in [0.2, 0.25) is 0 Å². The van der Waals surface area contributed by atoms with Crippen LogP contribution in [0.4, 0.5) is 0 Å². The van der Waals surface area contributed by atoms with Gasteiger partial charge in [-0.05, 0) is 11.6 Å². The van der Waals surface area contributed by atoms with Crippen molar-refractivity contribution in [3.8, 4) is 5.75 Å². The second-order valence-corrected chi connectivity index (χ2v) is 4.69. The number of ether oxygens (including phenoxy) is 1. The van der Waals surface area contributed by atoms with E-state index in [9.17, 15) is 9.59 Å². The Morgan fingerprint density at radius 3 is 3.00 bits per heavy atom. The molecule has 1 aliphatic heterocycles. The number of carbonyl (C=O) groups excluding carboxylic acids is 1. The van der Waals surface area contributed by atoms with E-state index >= 15 is 0 Å². The van der Waals surface area contributed by atoms with Crippen molar-refractivity contribution in [1.29, 1.82) is 0 Å². The summed E-state index contributed by atoms with van der Waals surface area (Å²) >= 11 is 0. The Labute approximate surface area is 120 Å². The van der Waals surface area contributed by atoms with Gasteiger partial charge in [0, 0.05) is 6.42 Å². The number of imidazole rings is 1. The molecule has 1 unspecified atom stereocenters. The molecule has 1 aliphatic rings. The number of aromatic carboxylic acids is 1. The summed E-state index contributed by atoms with van der Waals surface area (Å²) in [5.74, 6) is -0.932. The van der Waals surface area contributed by atoms with E-state index in [1.54, 1.807) is 0 Å². The smallest absolute Gasteiger partial charge is 0.354 e. The molecule has 0 saturated heterocycles. The number of aromatic amines is 1. The number of carboxylic acids is 1. The Balaban J connectivity index is 1.60. The fraction of sp³-hybridized carbons (Fsp3) is 0.214. The lowest BCUT2D eigenvalue weighted by Crippen LogP contribution is -2.35. The van der Waals surface area contributed by atoms with Crippen LogP contribution in [-0.4, -0.2) is 39.6 Å². The van der Waals surface area contributed by atoms with Crippen LogP contribution >= 0.6 is 0 Å². The highest BCUT2D eigenvalue weighted by atomic mass is 16.5. The first-order chi connectivity index (χ1) is 10.1. The van der Waals surface area contributed by atoms with Gasteiger partial charge in [0.05, 0.1) is 12.9 Å². The highest BCUT2D eigenvalue weighted by Gasteiger charge is 2.24. The third-order valence-electron chi connectivity index (χ3n) is 3.27. The maximum atomic E-state index is 11.9. The Hall–Kier alpha value is -2.83. The number of nitrogens with zero attached hydrogens (tertiary/aromatic N) is 1. The molecule has 2 heterocycles. The largest absolute Gasteiger partial charge is 0.488 e. The first kappa shape index (κ1) is 13.2. The summed E-state index contributed by atoms with van der Waals surface area (Å²) in [4.78, 5) is 29.0. The van der Waals surface area contributed by atoms with Crippen LogP contribution in [-0.2, 0) is 6.42 Å². The van der Waals surface area contributed by atoms with E-state index < -0.39 is 11.9 Å². The van der Waals surface area contributed by atoms with Crippen molar-refractivity contribution in [3.63, 3.8) is 0 Å². The van der Waals surface area contributed by atoms with Crippen LogP contribution in [0.5, 0.6) is 5.75 Å². The number of benzene rings is 1. The van der Waals surface area contributed by atoms with Gasteiger partial charge in [-0.3, -0.25) is 4.79 Å². The van der Waals surface area contributed by atoms with Crippen LogP contribution in [0.3, 0.4) is 0 Å². The van der Waals surface area contributed by atoms with E-state index in [4.69, 9.17) is 9.84 Å². The predicted molar refractivity (Wildman–Crippen MR) is 72.4 cm³/mol. The molecular formula is C14H13N3O4. The minimum Gasteiger partial charge on any atom is -0.488 e. The molecule has 0 aliphatic carbocycles. The first-order valence-corrected chi connectivity index (χ1v) is 6.44. The summed E-state index contributed by atoms with van der Waals surface area (Å²) < 4.78 is 5.69. The van der Waals surface area contributed by atoms with E-state index in [-0.39, 0.29) is 17.5 Å². The number of hydrogen-bond donors (Lipinski definition) is 3. The number of hydrogen-bond acceptors (Lipinski definition) is 4. The second-order valence-electron chi connectivity index (χ2n) is 4.69. The second kappa shape index (κ2) is 5.28. The molecular weight excluding hydrogens is 274 g/mol. The van der Waals surface area contributed by atoms with Gasteiger partial charge in [-0.25, -0.2) is 9.78 Å². The quantitative estimate of drug-likeness (QED) is 0.773. The van der Waals surface area contributed by atoms with E-state index in [0.29, 0.717) is 13.0 Å². The third-order valence-corrected chi connectivity index (χ3v) is 3.27. The summed E-state index contributed by atoms with van der Waals surface area (Å²) in [5.41, 5.74) is 0.754. The zero-order chi connectivity index (χ0) is 14.8. The maximum Gasteiger partial charge on any atom is 0.354 e. The van der Waals surface area contributed by atoms with Gasteiger partial charge in [0.25, 0.3) is 5.91 Å². The van der Waals surface area contributed by atoms with Gasteiger partial charge >= 0.3 is 5.97 Å². The summed E-state index contributed by atoms with van der Waals surface area (Å²) in [6, 6.07) is 7.69. The number of aromatic nitrogens is 2. The molecule has 7 nitrogen and oxygen atoms in total. The zero-order valence-corrected chi connectivity index (χ0v) is 11.0. The van der Waals surface area contributed by atoms with Crippen LogP contribution in [0.1, 0.15) is 26.5 Å². The van der Waals surface area contributed by atoms with Gasteiger partial charge in [-0.2, -0.15) is 0 Å². The standard InChI is InChI=1S/C14H13N3O4/c18-13(11-12(14(19)20)17-7-16-11)15-6-9-5-8-3-1-2-4-10(8)21-9/h1-4,7,9H,5-6H2,(H,15,18)(H,16,17)(H,19,20). The molecule has 3 N–H and O–H groups in total. The molecule has 0 bridgehead atoms. The van der Waals surface area contributed by atoms with Crippen LogP contribution < -0.4 is 10.1 Å². The van der Waals surface area contributed by atoms with Crippen molar-refractivity contribution < 1.29 is 19.4 Å². The average molecular weight is 287 g/mol. The number of nitrogens with one attached hydrogen (secondary N) is 2. The lowest BCUT2D eigenvalue weighted by molar-refractivity contribution is 0.0684. The maximum absolute atomic E-state index is 11.9. The highest BCUT2D eigenvalue weighted by molar-refractivity contribution is 6.02. The average Bonchev–Trinajstić information content (AvgIpc) is 3.10. The van der Waals surface area contributed by atoms with Crippen molar-refractivity contribution in [1.82, 2.24) is 15.3 Å². The van der Waals surface area contributed by atoms with Crippen molar-refractivity contribution in [2.45, 2.75) is 12.5 Å². The topological polar surface area (TPSA) is 104 Å². The molecule has 0 spiro atoms. The first-order valence-electron chi connectivity index (χ1n) is 6.44. The molecule has 108 valence electrons. The molecule has 21 heavy (non-hydrogen) atoms. The lowest BCUT2D eigenvalue weighted by atomic mass is 10.1. The highest BCUT2D eigenvalue weighted by Crippen LogP contribution is 2.27. The Bertz CT molecular complexity index is 670. The predicted octanol–water partition coefficient (Wildman–Crippen LogP) is 0.841. The molecule has 0 fully saturated rings. The Morgan fingerprint density at radius 2 is 2.24 bits per heavy atom. The molecule has 1 aromatic heterocycles. The molecule has 1 atom stereocenters. The minimum atomic E-state index is -1.22. The normalized spacial score (nSPS) is 16.1. The molecule has 0 radical (unpaired) electrons. The third kappa shape index (κ3) is 2.58. The van der Waals surface area contributed by atoms with Crippen LogP contribution in [0, 0.1) is 0 Å². The van der Waals surface area contributed by atoms with Crippen molar-refractivity contribution in [2.75, 3.05) is 6.54 Å². The van der Waals surface area contributed by atoms with Crippen molar-refractivity contribution in [2.24, 2.45) is 0 Å². The van der Waals surface area contributed by atoms with Gasteiger partial charge in [-0.1, -0.05) is 18.2 Å². The minimum absolute atomic E-state index is 0.127. The SMILES string of the molecule is O=C(NCC1Cc2ccccc2O1)c1nc[nH]c1C(=O)O. The fourth-order valence-electron chi connectivity index (χ4n) is 2.29. The Kier molecular flexibility index (Phi) is 3.31. The zero-order valence-electron chi connectivity index (χ0n) is 11.0. The molecule has 1 aromatic carbocycles. The summed E-state index contributed by atoms with van der Waals surface area (Å²) in [6.45, 7) is 0.291. The summed E-state index contributed by atoms with van der Waals surface area (Å²) in [6.07, 6.45) is 1.74. The Morgan fingerprint density at radius 1 is 1.43 bits per heavy atom. The lowest BCUT2D eigenvalue weighted by Gasteiger charge is -2.11. The van der Waals surface area contributed by atoms with Gasteiger partial charge in [0.1, 0.15) is 11.9 Å². The number of amides is 1. The van der Waals surface area contributed by atoms with E-state index in [1.807, 2.05) is 24.3 Å². The molecule has 7 heteroatoms. The molecule has 0 saturated carbocycles. The van der Waals surface area contributed by atoms with Crippen LogP contribution in [0.25, 0.3) is 0 Å². The van der Waals surface area contributed by atoms with Crippen molar-refractivity contribution in [3.05, 3.63) is 47.5 Å². The van der Waals surface area contributed by atoms with Crippen LogP contribution in [0.2, 0.25) is 0 Å².